The Bertz CT molecular complexity index is 480. The number of hydrogen-bond donors (Lipinski definition) is 0. The first kappa shape index (κ1) is 16.9. The fourth-order valence-electron chi connectivity index (χ4n) is 1.82. The minimum atomic E-state index is -3.47. The third kappa shape index (κ3) is 5.09. The lowest BCUT2D eigenvalue weighted by Gasteiger charge is -2.26. The van der Waals surface area contributed by atoms with Crippen molar-refractivity contribution >= 4 is 7.60 Å². The molecule has 110 valence electrons. The van der Waals surface area contributed by atoms with Gasteiger partial charge in [0, 0.05) is 0 Å². The first-order valence-electron chi connectivity index (χ1n) is 6.77. The van der Waals surface area contributed by atoms with Crippen LogP contribution < -0.4 is 0 Å². The molecule has 5 heteroatoms. The number of benzene rings is 1. The Balaban J connectivity index is 2.97. The van der Waals surface area contributed by atoms with Gasteiger partial charge in [0.05, 0.1) is 18.3 Å². The number of nitrogens with zero attached hydrogens (tertiary/aromatic N) is 1. The molecule has 0 heterocycles. The molecule has 4 nitrogen and oxygen atoms in total. The van der Waals surface area contributed by atoms with E-state index >= 15 is 0 Å². The average Bonchev–Trinajstić information content (AvgIpc) is 2.35. The number of nitriles is 1. The first-order chi connectivity index (χ1) is 9.37. The second-order valence-corrected chi connectivity index (χ2v) is 7.31. The number of hydrogen-bond acceptors (Lipinski definition) is 4. The highest BCUT2D eigenvalue weighted by molar-refractivity contribution is 7.55. The van der Waals surface area contributed by atoms with Gasteiger partial charge in [0.2, 0.25) is 0 Å². The van der Waals surface area contributed by atoms with Gasteiger partial charge in [0.1, 0.15) is 0 Å². The van der Waals surface area contributed by atoms with Crippen LogP contribution in [0.1, 0.15) is 33.3 Å². The molecule has 0 saturated carbocycles. The summed E-state index contributed by atoms with van der Waals surface area (Å²) >= 11 is 0. The molecule has 1 unspecified atom stereocenters. The number of rotatable bonds is 7. The minimum absolute atomic E-state index is 0.258. The molecule has 1 rings (SSSR count). The standard InChI is InChI=1S/C15H22NO3P/c1-12(2)18-20(17,19-13(3)4)15(11-16)10-14-8-6-5-7-9-14/h5-9,12-13,15H,10H2,1-4H3. The van der Waals surface area contributed by atoms with Crippen LogP contribution in [0.2, 0.25) is 0 Å². The van der Waals surface area contributed by atoms with Gasteiger partial charge in [-0.1, -0.05) is 30.3 Å². The molecule has 1 aromatic rings. The lowest BCUT2D eigenvalue weighted by molar-refractivity contribution is 0.139. The van der Waals surface area contributed by atoms with Crippen LogP contribution >= 0.6 is 7.60 Å². The van der Waals surface area contributed by atoms with E-state index in [-0.39, 0.29) is 12.2 Å². The molecule has 0 amide bonds. The van der Waals surface area contributed by atoms with E-state index in [0.29, 0.717) is 6.42 Å². The summed E-state index contributed by atoms with van der Waals surface area (Å²) in [6.07, 6.45) is -0.161. The van der Waals surface area contributed by atoms with Crippen molar-refractivity contribution in [2.45, 2.75) is 52.0 Å². The van der Waals surface area contributed by atoms with E-state index in [2.05, 4.69) is 6.07 Å². The van der Waals surface area contributed by atoms with Crippen molar-refractivity contribution in [2.75, 3.05) is 0 Å². The Hall–Kier alpha value is -1.14. The summed E-state index contributed by atoms with van der Waals surface area (Å²) in [4.78, 5) is 0. The first-order valence-corrected chi connectivity index (χ1v) is 8.38. The van der Waals surface area contributed by atoms with Crippen molar-refractivity contribution in [3.8, 4) is 6.07 Å². The molecule has 0 aliphatic carbocycles. The fourth-order valence-corrected chi connectivity index (χ4v) is 3.92. The molecule has 0 N–H and O–H groups in total. The highest BCUT2D eigenvalue weighted by Gasteiger charge is 2.38. The molecular formula is C15H22NO3P. The van der Waals surface area contributed by atoms with E-state index in [4.69, 9.17) is 9.05 Å². The van der Waals surface area contributed by atoms with Crippen molar-refractivity contribution in [2.24, 2.45) is 0 Å². The van der Waals surface area contributed by atoms with Gasteiger partial charge < -0.3 is 9.05 Å². The van der Waals surface area contributed by atoms with E-state index in [0.717, 1.165) is 5.56 Å². The van der Waals surface area contributed by atoms with E-state index < -0.39 is 13.3 Å². The van der Waals surface area contributed by atoms with Crippen LogP contribution in [0.25, 0.3) is 0 Å². The Labute approximate surface area is 121 Å². The molecule has 1 atom stereocenters. The maximum Gasteiger partial charge on any atom is 0.348 e. The van der Waals surface area contributed by atoms with Gasteiger partial charge in [-0.05, 0) is 39.7 Å². The summed E-state index contributed by atoms with van der Waals surface area (Å²) in [5.41, 5.74) is 0.147. The van der Waals surface area contributed by atoms with Crippen LogP contribution in [0.5, 0.6) is 0 Å². The molecule has 0 saturated heterocycles. The minimum Gasteiger partial charge on any atom is -0.305 e. The highest BCUT2D eigenvalue weighted by Crippen LogP contribution is 2.55. The van der Waals surface area contributed by atoms with Crippen molar-refractivity contribution in [1.29, 1.82) is 5.26 Å². The maximum atomic E-state index is 12.9. The molecule has 20 heavy (non-hydrogen) atoms. The summed E-state index contributed by atoms with van der Waals surface area (Å²) in [5, 5.41) is 9.37. The lowest BCUT2D eigenvalue weighted by Crippen LogP contribution is -2.19. The predicted octanol–water partition coefficient (Wildman–Crippen LogP) is 4.16. The van der Waals surface area contributed by atoms with Gasteiger partial charge in [-0.15, -0.1) is 0 Å². The van der Waals surface area contributed by atoms with Gasteiger partial charge >= 0.3 is 7.60 Å². The highest BCUT2D eigenvalue weighted by atomic mass is 31.2. The molecule has 0 spiro atoms. The Morgan fingerprint density at radius 1 is 1.10 bits per heavy atom. The molecule has 0 bridgehead atoms. The van der Waals surface area contributed by atoms with E-state index in [1.807, 2.05) is 30.3 Å². The van der Waals surface area contributed by atoms with Crippen molar-refractivity contribution < 1.29 is 13.6 Å². The largest absolute Gasteiger partial charge is 0.348 e. The zero-order valence-corrected chi connectivity index (χ0v) is 13.3. The van der Waals surface area contributed by atoms with Gasteiger partial charge in [-0.25, -0.2) is 0 Å². The maximum absolute atomic E-state index is 12.9. The molecule has 0 aromatic heterocycles. The third-order valence-electron chi connectivity index (χ3n) is 2.52. The summed E-state index contributed by atoms with van der Waals surface area (Å²) in [6.45, 7) is 7.14. The van der Waals surface area contributed by atoms with Crippen LogP contribution in [-0.2, 0) is 20.0 Å². The summed E-state index contributed by atoms with van der Waals surface area (Å²) in [5.74, 6) is 0. The van der Waals surface area contributed by atoms with Crippen LogP contribution in [0.3, 0.4) is 0 Å². The SMILES string of the molecule is CC(C)OP(=O)(OC(C)C)C(C#N)Cc1ccccc1. The molecular weight excluding hydrogens is 273 g/mol. The second-order valence-electron chi connectivity index (χ2n) is 5.18. The lowest BCUT2D eigenvalue weighted by atomic mass is 10.1. The van der Waals surface area contributed by atoms with Crippen molar-refractivity contribution in [3.05, 3.63) is 35.9 Å². The fraction of sp³-hybridized carbons (Fsp3) is 0.533. The second kappa shape index (κ2) is 7.59. The van der Waals surface area contributed by atoms with Crippen LogP contribution in [0.15, 0.2) is 30.3 Å². The molecule has 0 fully saturated rings. The average molecular weight is 295 g/mol. The Morgan fingerprint density at radius 3 is 2.00 bits per heavy atom. The van der Waals surface area contributed by atoms with Crippen LogP contribution in [0, 0.1) is 11.3 Å². The zero-order chi connectivity index (χ0) is 15.2. The van der Waals surface area contributed by atoms with Crippen molar-refractivity contribution in [3.63, 3.8) is 0 Å². The Kier molecular flexibility index (Phi) is 6.42. The van der Waals surface area contributed by atoms with E-state index in [1.165, 1.54) is 0 Å². The zero-order valence-electron chi connectivity index (χ0n) is 12.4. The van der Waals surface area contributed by atoms with E-state index in [9.17, 15) is 9.83 Å². The third-order valence-corrected chi connectivity index (χ3v) is 5.01. The normalized spacial score (nSPS) is 13.4. The van der Waals surface area contributed by atoms with Crippen LogP contribution in [0.4, 0.5) is 0 Å². The summed E-state index contributed by atoms with van der Waals surface area (Å²) < 4.78 is 23.9. The van der Waals surface area contributed by atoms with Gasteiger partial charge in [0.25, 0.3) is 0 Å². The van der Waals surface area contributed by atoms with Gasteiger partial charge in [-0.3, -0.25) is 4.57 Å². The Morgan fingerprint density at radius 2 is 1.60 bits per heavy atom. The molecule has 0 aliphatic rings. The van der Waals surface area contributed by atoms with E-state index in [1.54, 1.807) is 27.7 Å². The smallest absolute Gasteiger partial charge is 0.305 e. The molecule has 1 aromatic carbocycles. The topological polar surface area (TPSA) is 59.3 Å². The van der Waals surface area contributed by atoms with Gasteiger partial charge in [0.15, 0.2) is 5.66 Å². The summed E-state index contributed by atoms with van der Waals surface area (Å²) in [7, 11) is -3.47. The monoisotopic (exact) mass is 295 g/mol. The quantitative estimate of drug-likeness (QED) is 0.708. The summed E-state index contributed by atoms with van der Waals surface area (Å²) in [6, 6.07) is 11.6. The van der Waals surface area contributed by atoms with Crippen molar-refractivity contribution in [1.82, 2.24) is 0 Å². The molecule has 0 aliphatic heterocycles. The van der Waals surface area contributed by atoms with Crippen LogP contribution in [-0.4, -0.2) is 17.9 Å². The predicted molar refractivity (Wildman–Crippen MR) is 79.6 cm³/mol. The van der Waals surface area contributed by atoms with Gasteiger partial charge in [-0.2, -0.15) is 5.26 Å². The molecule has 0 radical (unpaired) electrons.